The standard InChI is InChI=1S/C22H24N2O5/c1-3-29-19-8-9-20-16(13-19)12-17(21(26)23-20)14-24(10-11-25)22(27)15-4-6-18(28-2)7-5-15/h4-9,12-13,25H,3,10-11,14H2,1-2H3,(H,23,26). The van der Waals surface area contributed by atoms with Crippen molar-refractivity contribution in [2.45, 2.75) is 13.5 Å². The summed E-state index contributed by atoms with van der Waals surface area (Å²) in [5, 5.41) is 10.2. The largest absolute Gasteiger partial charge is 0.497 e. The van der Waals surface area contributed by atoms with Gasteiger partial charge in [0.25, 0.3) is 11.5 Å². The molecule has 29 heavy (non-hydrogen) atoms. The summed E-state index contributed by atoms with van der Waals surface area (Å²) in [6, 6.07) is 13.9. The maximum Gasteiger partial charge on any atom is 0.254 e. The van der Waals surface area contributed by atoms with Crippen LogP contribution in [0, 0.1) is 0 Å². The lowest BCUT2D eigenvalue weighted by molar-refractivity contribution is 0.0707. The molecule has 3 aromatic rings. The highest BCUT2D eigenvalue weighted by molar-refractivity contribution is 5.94. The van der Waals surface area contributed by atoms with Crippen molar-refractivity contribution in [1.82, 2.24) is 9.88 Å². The summed E-state index contributed by atoms with van der Waals surface area (Å²) >= 11 is 0. The number of aromatic amines is 1. The van der Waals surface area contributed by atoms with E-state index in [2.05, 4.69) is 4.98 Å². The molecule has 1 heterocycles. The fraction of sp³-hybridized carbons (Fsp3) is 0.273. The van der Waals surface area contributed by atoms with Gasteiger partial charge in [-0.05, 0) is 55.5 Å². The van der Waals surface area contributed by atoms with Crippen LogP contribution in [0.15, 0.2) is 53.3 Å². The number of carbonyl (C=O) groups excluding carboxylic acids is 1. The van der Waals surface area contributed by atoms with E-state index in [1.54, 1.807) is 49.6 Å². The number of aromatic nitrogens is 1. The van der Waals surface area contributed by atoms with Gasteiger partial charge in [0.05, 0.1) is 26.9 Å². The fourth-order valence-corrected chi connectivity index (χ4v) is 3.10. The van der Waals surface area contributed by atoms with E-state index in [1.165, 1.54) is 4.90 Å². The van der Waals surface area contributed by atoms with Crippen molar-refractivity contribution in [3.8, 4) is 11.5 Å². The predicted molar refractivity (Wildman–Crippen MR) is 111 cm³/mol. The van der Waals surface area contributed by atoms with E-state index in [4.69, 9.17) is 9.47 Å². The number of pyridine rings is 1. The average molecular weight is 396 g/mol. The van der Waals surface area contributed by atoms with Crippen LogP contribution in [0.4, 0.5) is 0 Å². The van der Waals surface area contributed by atoms with E-state index in [9.17, 15) is 14.7 Å². The van der Waals surface area contributed by atoms with Gasteiger partial charge in [-0.3, -0.25) is 9.59 Å². The maximum absolute atomic E-state index is 12.9. The first-order valence-corrected chi connectivity index (χ1v) is 9.38. The van der Waals surface area contributed by atoms with Gasteiger partial charge in [-0.25, -0.2) is 0 Å². The lowest BCUT2D eigenvalue weighted by atomic mass is 10.1. The molecule has 0 saturated carbocycles. The molecule has 0 aliphatic carbocycles. The molecule has 2 N–H and O–H groups in total. The Labute approximate surface area is 168 Å². The number of amides is 1. The molecule has 1 amide bonds. The lowest BCUT2D eigenvalue weighted by Gasteiger charge is -2.22. The first kappa shape index (κ1) is 20.4. The molecule has 152 valence electrons. The molecule has 3 rings (SSSR count). The Morgan fingerprint density at radius 3 is 2.48 bits per heavy atom. The second kappa shape index (κ2) is 9.25. The van der Waals surface area contributed by atoms with Gasteiger partial charge in [-0.15, -0.1) is 0 Å². The number of ether oxygens (including phenoxy) is 2. The van der Waals surface area contributed by atoms with Crippen molar-refractivity contribution < 1.29 is 19.4 Å². The molecular weight excluding hydrogens is 372 g/mol. The normalized spacial score (nSPS) is 10.7. The fourth-order valence-electron chi connectivity index (χ4n) is 3.10. The van der Waals surface area contributed by atoms with Crippen LogP contribution >= 0.6 is 0 Å². The molecule has 0 aliphatic heterocycles. The summed E-state index contributed by atoms with van der Waals surface area (Å²) in [4.78, 5) is 29.7. The van der Waals surface area contributed by atoms with Crippen molar-refractivity contribution in [2.75, 3.05) is 26.9 Å². The first-order valence-electron chi connectivity index (χ1n) is 9.38. The molecule has 0 bridgehead atoms. The highest BCUT2D eigenvalue weighted by Gasteiger charge is 2.18. The van der Waals surface area contributed by atoms with Gasteiger partial charge in [0.2, 0.25) is 0 Å². The molecule has 7 heteroatoms. The van der Waals surface area contributed by atoms with Gasteiger partial charge in [0.1, 0.15) is 11.5 Å². The molecule has 0 radical (unpaired) electrons. The number of hydrogen-bond acceptors (Lipinski definition) is 5. The Morgan fingerprint density at radius 2 is 1.83 bits per heavy atom. The Bertz CT molecular complexity index is 1040. The van der Waals surface area contributed by atoms with Crippen molar-refractivity contribution in [1.29, 1.82) is 0 Å². The maximum atomic E-state index is 12.9. The zero-order chi connectivity index (χ0) is 20.8. The smallest absolute Gasteiger partial charge is 0.254 e. The molecule has 0 atom stereocenters. The van der Waals surface area contributed by atoms with Gasteiger partial charge in [0, 0.05) is 28.6 Å². The van der Waals surface area contributed by atoms with Crippen LogP contribution in [-0.4, -0.2) is 47.8 Å². The number of methoxy groups -OCH3 is 1. The minimum atomic E-state index is -0.274. The number of rotatable bonds is 8. The number of nitrogens with zero attached hydrogens (tertiary/aromatic N) is 1. The van der Waals surface area contributed by atoms with E-state index in [1.807, 2.05) is 13.0 Å². The van der Waals surface area contributed by atoms with Crippen LogP contribution in [0.1, 0.15) is 22.8 Å². The van der Waals surface area contributed by atoms with Crippen LogP contribution in [0.2, 0.25) is 0 Å². The number of aliphatic hydroxyl groups excluding tert-OH is 1. The number of carbonyl (C=O) groups is 1. The number of benzene rings is 2. The lowest BCUT2D eigenvalue weighted by Crippen LogP contribution is -2.35. The number of hydrogen-bond donors (Lipinski definition) is 2. The zero-order valence-corrected chi connectivity index (χ0v) is 16.5. The highest BCUT2D eigenvalue weighted by Crippen LogP contribution is 2.20. The van der Waals surface area contributed by atoms with Gasteiger partial charge < -0.3 is 24.5 Å². The number of fused-ring (bicyclic) bond motifs is 1. The monoisotopic (exact) mass is 396 g/mol. The van der Waals surface area contributed by atoms with Crippen LogP contribution in [0.5, 0.6) is 11.5 Å². The molecule has 7 nitrogen and oxygen atoms in total. The number of nitrogens with one attached hydrogen (secondary N) is 1. The minimum absolute atomic E-state index is 0.0789. The van der Waals surface area contributed by atoms with Gasteiger partial charge >= 0.3 is 0 Å². The summed E-state index contributed by atoms with van der Waals surface area (Å²) in [6.45, 7) is 2.43. The zero-order valence-electron chi connectivity index (χ0n) is 16.5. The molecular formula is C22H24N2O5. The van der Waals surface area contributed by atoms with E-state index in [0.717, 1.165) is 5.39 Å². The quantitative estimate of drug-likeness (QED) is 0.611. The highest BCUT2D eigenvalue weighted by atomic mass is 16.5. The van der Waals surface area contributed by atoms with Crippen LogP contribution in [0.25, 0.3) is 10.9 Å². The molecule has 0 aliphatic rings. The number of aliphatic hydroxyl groups is 1. The van der Waals surface area contributed by atoms with Crippen molar-refractivity contribution >= 4 is 16.8 Å². The van der Waals surface area contributed by atoms with Gasteiger partial charge in [-0.2, -0.15) is 0 Å². The summed E-state index contributed by atoms with van der Waals surface area (Å²) < 4.78 is 10.6. The third-order valence-corrected chi connectivity index (χ3v) is 4.56. The van der Waals surface area contributed by atoms with E-state index < -0.39 is 0 Å². The van der Waals surface area contributed by atoms with E-state index in [-0.39, 0.29) is 31.2 Å². The first-order chi connectivity index (χ1) is 14.0. The number of H-pyrrole nitrogens is 1. The van der Waals surface area contributed by atoms with E-state index in [0.29, 0.717) is 34.7 Å². The molecule has 2 aromatic carbocycles. The molecule has 0 fully saturated rings. The molecule has 0 spiro atoms. The Hall–Kier alpha value is -3.32. The van der Waals surface area contributed by atoms with Crippen LogP contribution in [0.3, 0.4) is 0 Å². The summed E-state index contributed by atoms with van der Waals surface area (Å²) in [5.41, 5.74) is 1.31. The van der Waals surface area contributed by atoms with Crippen molar-refractivity contribution in [3.63, 3.8) is 0 Å². The second-order valence-electron chi connectivity index (χ2n) is 6.48. The molecule has 0 unspecified atom stereocenters. The minimum Gasteiger partial charge on any atom is -0.497 e. The Morgan fingerprint density at radius 1 is 1.10 bits per heavy atom. The molecule has 1 aromatic heterocycles. The van der Waals surface area contributed by atoms with Crippen LogP contribution < -0.4 is 15.0 Å². The average Bonchev–Trinajstić information content (AvgIpc) is 2.74. The van der Waals surface area contributed by atoms with Crippen LogP contribution in [-0.2, 0) is 6.54 Å². The Kier molecular flexibility index (Phi) is 6.51. The van der Waals surface area contributed by atoms with E-state index >= 15 is 0 Å². The summed E-state index contributed by atoms with van der Waals surface area (Å²) in [7, 11) is 1.55. The second-order valence-corrected chi connectivity index (χ2v) is 6.48. The Balaban J connectivity index is 1.90. The SMILES string of the molecule is CCOc1ccc2[nH]c(=O)c(CN(CCO)C(=O)c3ccc(OC)cc3)cc2c1. The predicted octanol–water partition coefficient (Wildman–Crippen LogP) is 2.57. The van der Waals surface area contributed by atoms with Crippen molar-refractivity contribution in [2.24, 2.45) is 0 Å². The van der Waals surface area contributed by atoms with Gasteiger partial charge in [-0.1, -0.05) is 0 Å². The molecule has 0 saturated heterocycles. The third-order valence-electron chi connectivity index (χ3n) is 4.56. The topological polar surface area (TPSA) is 91.9 Å². The summed E-state index contributed by atoms with van der Waals surface area (Å²) in [5.74, 6) is 1.08. The van der Waals surface area contributed by atoms with Crippen molar-refractivity contribution in [3.05, 3.63) is 70.0 Å². The third kappa shape index (κ3) is 4.75. The summed E-state index contributed by atoms with van der Waals surface area (Å²) in [6.07, 6.45) is 0. The van der Waals surface area contributed by atoms with Gasteiger partial charge in [0.15, 0.2) is 0 Å².